The van der Waals surface area contributed by atoms with E-state index < -0.39 is 28.5 Å². The van der Waals surface area contributed by atoms with Crippen LogP contribution < -0.4 is 9.62 Å². The van der Waals surface area contributed by atoms with Crippen molar-refractivity contribution in [2.75, 3.05) is 23.7 Å². The van der Waals surface area contributed by atoms with Crippen molar-refractivity contribution in [1.82, 2.24) is 10.2 Å². The van der Waals surface area contributed by atoms with Gasteiger partial charge >= 0.3 is 0 Å². The van der Waals surface area contributed by atoms with Gasteiger partial charge in [0.15, 0.2) is 5.78 Å². The second kappa shape index (κ2) is 13.1. The van der Waals surface area contributed by atoms with Crippen LogP contribution in [0.25, 0.3) is 0 Å². The molecule has 0 saturated heterocycles. The minimum absolute atomic E-state index is 0.106. The number of benzene rings is 2. The number of nitrogens with zero attached hydrogens (tertiary/aromatic N) is 2. The van der Waals surface area contributed by atoms with Crippen LogP contribution in [0.5, 0.6) is 0 Å². The molecule has 0 radical (unpaired) electrons. The van der Waals surface area contributed by atoms with E-state index in [0.29, 0.717) is 27.7 Å². The molecule has 8 nitrogen and oxygen atoms in total. The van der Waals surface area contributed by atoms with Gasteiger partial charge in [-0.15, -0.1) is 0 Å². The van der Waals surface area contributed by atoms with Crippen molar-refractivity contribution in [3.05, 3.63) is 63.6 Å². The molecule has 11 heteroatoms. The third-order valence-electron chi connectivity index (χ3n) is 5.61. The third kappa shape index (κ3) is 7.94. The molecule has 0 saturated carbocycles. The maximum absolute atomic E-state index is 13.6. The Morgan fingerprint density at radius 3 is 2.22 bits per heavy atom. The lowest BCUT2D eigenvalue weighted by Crippen LogP contribution is -2.51. The van der Waals surface area contributed by atoms with Crippen molar-refractivity contribution in [2.24, 2.45) is 0 Å². The minimum atomic E-state index is -3.92. The molecule has 2 amide bonds. The molecule has 0 aromatic heterocycles. The number of carbonyl (C=O) groups excluding carboxylic acids is 3. The number of nitrogens with one attached hydrogen (secondary N) is 1. The molecule has 0 bridgehead atoms. The van der Waals surface area contributed by atoms with Gasteiger partial charge in [-0.2, -0.15) is 0 Å². The zero-order valence-corrected chi connectivity index (χ0v) is 23.1. The van der Waals surface area contributed by atoms with E-state index in [9.17, 15) is 22.8 Å². The van der Waals surface area contributed by atoms with Crippen LogP contribution in [-0.4, -0.2) is 56.3 Å². The molecule has 0 aliphatic carbocycles. The van der Waals surface area contributed by atoms with Gasteiger partial charge in [0.2, 0.25) is 21.8 Å². The van der Waals surface area contributed by atoms with Crippen molar-refractivity contribution in [3.63, 3.8) is 0 Å². The number of ketones is 1. The van der Waals surface area contributed by atoms with Crippen molar-refractivity contribution >= 4 is 56.5 Å². The molecule has 2 aromatic carbocycles. The molecule has 0 unspecified atom stereocenters. The van der Waals surface area contributed by atoms with Gasteiger partial charge in [0, 0.05) is 34.3 Å². The highest BCUT2D eigenvalue weighted by molar-refractivity contribution is 7.92. The number of rotatable bonds is 12. The second-order valence-electron chi connectivity index (χ2n) is 8.42. The van der Waals surface area contributed by atoms with Crippen LogP contribution in [0.3, 0.4) is 0 Å². The van der Waals surface area contributed by atoms with E-state index in [4.69, 9.17) is 23.2 Å². The fourth-order valence-electron chi connectivity index (χ4n) is 3.47. The number of sulfonamides is 1. The summed E-state index contributed by atoms with van der Waals surface area (Å²) in [4.78, 5) is 39.5. The highest BCUT2D eigenvalue weighted by Gasteiger charge is 2.31. The van der Waals surface area contributed by atoms with Gasteiger partial charge in [-0.1, -0.05) is 54.7 Å². The summed E-state index contributed by atoms with van der Waals surface area (Å²) in [6.45, 7) is 4.67. The van der Waals surface area contributed by atoms with E-state index in [0.717, 1.165) is 23.4 Å². The largest absolute Gasteiger partial charge is 0.354 e. The van der Waals surface area contributed by atoms with E-state index >= 15 is 0 Å². The lowest BCUT2D eigenvalue weighted by Gasteiger charge is -2.32. The fraction of sp³-hybridized carbons (Fsp3) is 0.400. The summed E-state index contributed by atoms with van der Waals surface area (Å²) >= 11 is 12.7. The van der Waals surface area contributed by atoms with E-state index in [-0.39, 0.29) is 23.9 Å². The average molecular weight is 557 g/mol. The Labute approximate surface area is 222 Å². The van der Waals surface area contributed by atoms with Gasteiger partial charge in [0.1, 0.15) is 12.6 Å². The van der Waals surface area contributed by atoms with Gasteiger partial charge in [-0.3, -0.25) is 18.7 Å². The smallest absolute Gasteiger partial charge is 0.244 e. The summed E-state index contributed by atoms with van der Waals surface area (Å²) in [6, 6.07) is 9.97. The van der Waals surface area contributed by atoms with Crippen LogP contribution in [0.1, 0.15) is 49.5 Å². The maximum atomic E-state index is 13.6. The molecule has 0 spiro atoms. The Hall–Kier alpha value is -2.62. The molecule has 0 heterocycles. The number of Topliss-reactive ketones (excluding diaryl/α,β-unsaturated/α-hetero) is 1. The monoisotopic (exact) mass is 555 g/mol. The lowest BCUT2D eigenvalue weighted by atomic mass is 10.1. The molecule has 0 aliphatic heterocycles. The summed E-state index contributed by atoms with van der Waals surface area (Å²) in [5.41, 5.74) is 0.901. The molecular formula is C25H31Cl2N3O5S. The Kier molecular flexibility index (Phi) is 10.8. The van der Waals surface area contributed by atoms with E-state index in [2.05, 4.69) is 5.32 Å². The molecule has 2 rings (SSSR count). The van der Waals surface area contributed by atoms with E-state index in [1.807, 2.05) is 6.92 Å². The third-order valence-corrected chi connectivity index (χ3v) is 7.46. The number of carbonyl (C=O) groups is 3. The van der Waals surface area contributed by atoms with E-state index in [1.54, 1.807) is 37.3 Å². The number of anilines is 1. The number of hydrogen-bond donors (Lipinski definition) is 1. The van der Waals surface area contributed by atoms with Crippen LogP contribution >= 0.6 is 23.2 Å². The average Bonchev–Trinajstić information content (AvgIpc) is 2.81. The van der Waals surface area contributed by atoms with Gasteiger partial charge in [0.05, 0.1) is 11.9 Å². The topological polar surface area (TPSA) is 104 Å². The van der Waals surface area contributed by atoms with Crippen molar-refractivity contribution in [2.45, 2.75) is 46.2 Å². The summed E-state index contributed by atoms with van der Waals surface area (Å²) in [6.07, 6.45) is 2.63. The number of unbranched alkanes of at least 4 members (excludes halogenated alkanes) is 1. The highest BCUT2D eigenvalue weighted by Crippen LogP contribution is 2.27. The fourth-order valence-corrected chi connectivity index (χ4v) is 4.82. The summed E-state index contributed by atoms with van der Waals surface area (Å²) in [5.74, 6) is -1.27. The minimum Gasteiger partial charge on any atom is -0.354 e. The second-order valence-corrected chi connectivity index (χ2v) is 11.1. The quantitative estimate of drug-likeness (QED) is 0.310. The van der Waals surface area contributed by atoms with Crippen molar-refractivity contribution < 1.29 is 22.8 Å². The van der Waals surface area contributed by atoms with E-state index in [1.165, 1.54) is 24.0 Å². The molecule has 1 N–H and O–H groups in total. The highest BCUT2D eigenvalue weighted by atomic mass is 35.5. The first-order valence-electron chi connectivity index (χ1n) is 11.5. The first-order chi connectivity index (χ1) is 16.9. The Morgan fingerprint density at radius 2 is 1.67 bits per heavy atom. The molecule has 1 atom stereocenters. The van der Waals surface area contributed by atoms with Crippen molar-refractivity contribution in [1.29, 1.82) is 0 Å². The van der Waals surface area contributed by atoms with Crippen LogP contribution in [0.2, 0.25) is 10.0 Å². The van der Waals surface area contributed by atoms with Crippen molar-refractivity contribution in [3.8, 4) is 0 Å². The first kappa shape index (κ1) is 29.6. The Bertz CT molecular complexity index is 1200. The SMILES string of the molecule is CCCCNC(=O)[C@@H](C)N(Cc1c(Cl)cccc1Cl)C(=O)CN(c1cccc(C(C)=O)c1)S(C)(=O)=O. The molecule has 36 heavy (non-hydrogen) atoms. The molecule has 0 aliphatic rings. The normalized spacial score (nSPS) is 12.1. The van der Waals surface area contributed by atoms with Gasteiger partial charge in [0.25, 0.3) is 0 Å². The summed E-state index contributed by atoms with van der Waals surface area (Å²) < 4.78 is 26.2. The zero-order chi connectivity index (χ0) is 27.0. The van der Waals surface area contributed by atoms with Gasteiger partial charge < -0.3 is 10.2 Å². The van der Waals surface area contributed by atoms with Crippen LogP contribution in [-0.2, 0) is 26.2 Å². The van der Waals surface area contributed by atoms with Gasteiger partial charge in [-0.25, -0.2) is 8.42 Å². The molecule has 2 aromatic rings. The molecule has 196 valence electrons. The number of hydrogen-bond acceptors (Lipinski definition) is 5. The first-order valence-corrected chi connectivity index (χ1v) is 14.1. The predicted molar refractivity (Wildman–Crippen MR) is 143 cm³/mol. The Balaban J connectivity index is 2.45. The van der Waals surface area contributed by atoms with Crippen LogP contribution in [0.15, 0.2) is 42.5 Å². The summed E-state index contributed by atoms with van der Waals surface area (Å²) in [5, 5.41) is 3.43. The molecular weight excluding hydrogens is 525 g/mol. The maximum Gasteiger partial charge on any atom is 0.244 e. The standard InChI is InChI=1S/C25H31Cl2N3O5S/c1-5-6-13-28-25(33)17(2)29(15-21-22(26)11-8-12-23(21)27)24(32)16-30(36(4,34)35)20-10-7-9-19(14-20)18(3)31/h7-12,14,17H,5-6,13,15-16H2,1-4H3,(H,28,33)/t17-/m1/s1. The number of amides is 2. The van der Waals surface area contributed by atoms with Crippen LogP contribution in [0.4, 0.5) is 5.69 Å². The summed E-state index contributed by atoms with van der Waals surface area (Å²) in [7, 11) is -3.92. The number of halogens is 2. The van der Waals surface area contributed by atoms with Gasteiger partial charge in [-0.05, 0) is 44.5 Å². The molecule has 0 fully saturated rings. The van der Waals surface area contributed by atoms with Crippen LogP contribution in [0, 0.1) is 0 Å². The lowest BCUT2D eigenvalue weighted by molar-refractivity contribution is -0.139. The Morgan fingerprint density at radius 1 is 1.06 bits per heavy atom. The predicted octanol–water partition coefficient (Wildman–Crippen LogP) is 4.30. The zero-order valence-electron chi connectivity index (χ0n) is 20.8.